The monoisotopic (exact) mass is 554 g/mol. The molecule has 0 saturated carbocycles. The molecular weight excluding hydrogens is 528 g/mol. The lowest BCUT2D eigenvalue weighted by atomic mass is 10.1. The van der Waals surface area contributed by atoms with Gasteiger partial charge in [0, 0.05) is 27.7 Å². The molecule has 3 N–H and O–H groups in total. The van der Waals surface area contributed by atoms with E-state index in [1.54, 1.807) is 12.4 Å². The fourth-order valence-corrected chi connectivity index (χ4v) is 5.02. The average Bonchev–Trinajstić information content (AvgIpc) is 3.25. The molecule has 2 unspecified atom stereocenters. The lowest BCUT2D eigenvalue weighted by Crippen LogP contribution is -2.37. The van der Waals surface area contributed by atoms with Crippen molar-refractivity contribution in [2.45, 2.75) is 48.9 Å². The second-order valence-electron chi connectivity index (χ2n) is 8.93. The van der Waals surface area contributed by atoms with Crippen LogP contribution >= 0.6 is 23.5 Å². The molecule has 1 aliphatic heterocycles. The summed E-state index contributed by atoms with van der Waals surface area (Å²) in [7, 11) is 0. The molecule has 1 aliphatic rings. The summed E-state index contributed by atoms with van der Waals surface area (Å²) in [5.74, 6) is -0.100. The minimum atomic E-state index is -0.769. The van der Waals surface area contributed by atoms with Crippen LogP contribution in [0.25, 0.3) is 0 Å². The van der Waals surface area contributed by atoms with Crippen LogP contribution in [0.15, 0.2) is 76.8 Å². The molecule has 2 atom stereocenters. The highest BCUT2D eigenvalue weighted by molar-refractivity contribution is 7.99. The van der Waals surface area contributed by atoms with Crippen molar-refractivity contribution < 1.29 is 23.9 Å². The molecule has 38 heavy (non-hydrogen) atoms. The van der Waals surface area contributed by atoms with Gasteiger partial charge in [-0.05, 0) is 65.2 Å². The number of esters is 1. The molecule has 11 heteroatoms. The lowest BCUT2D eigenvalue weighted by molar-refractivity contribution is -0.148. The number of nitrogens with zero attached hydrogens (tertiary/aromatic N) is 1. The van der Waals surface area contributed by atoms with E-state index in [1.807, 2.05) is 68.4 Å². The third-order valence-electron chi connectivity index (χ3n) is 5.76. The second kappa shape index (κ2) is 12.8. The van der Waals surface area contributed by atoms with Crippen LogP contribution in [0.4, 0.5) is 4.79 Å². The first-order chi connectivity index (χ1) is 18.3. The zero-order valence-electron chi connectivity index (χ0n) is 20.8. The predicted molar refractivity (Wildman–Crippen MR) is 142 cm³/mol. The molecule has 0 spiro atoms. The number of nitrogens with one attached hydrogen (secondary N) is 3. The van der Waals surface area contributed by atoms with Gasteiger partial charge in [0.15, 0.2) is 0 Å². The number of pyridine rings is 1. The zero-order valence-corrected chi connectivity index (χ0v) is 22.3. The fraction of sp³-hybridized carbons (Fsp3) is 0.259. The summed E-state index contributed by atoms with van der Waals surface area (Å²) in [6, 6.07) is 15.2. The Labute approximate surface area is 229 Å². The Morgan fingerprint density at radius 2 is 1.84 bits per heavy atom. The lowest BCUT2D eigenvalue weighted by Gasteiger charge is -2.17. The van der Waals surface area contributed by atoms with Crippen LogP contribution in [0, 0.1) is 5.92 Å². The Morgan fingerprint density at radius 3 is 2.50 bits per heavy atom. The van der Waals surface area contributed by atoms with Crippen molar-refractivity contribution in [2.75, 3.05) is 0 Å². The number of carbonyl (C=O) groups excluding carboxylic acids is 3. The highest BCUT2D eigenvalue weighted by atomic mass is 35.5. The Balaban J connectivity index is 1.33. The largest absolute Gasteiger partial charge is 0.489 e. The van der Waals surface area contributed by atoms with Gasteiger partial charge in [0.1, 0.15) is 31.0 Å². The van der Waals surface area contributed by atoms with Crippen LogP contribution in [-0.4, -0.2) is 28.9 Å². The fourth-order valence-electron chi connectivity index (χ4n) is 3.73. The molecular formula is C27H27ClN4O5S. The molecule has 3 aromatic rings. The topological polar surface area (TPSA) is 119 Å². The number of imide groups is 1. The molecule has 1 fully saturated rings. The van der Waals surface area contributed by atoms with Crippen molar-refractivity contribution in [3.63, 3.8) is 0 Å². The number of rotatable bonds is 11. The Morgan fingerprint density at radius 1 is 1.11 bits per heavy atom. The van der Waals surface area contributed by atoms with Gasteiger partial charge in [0.2, 0.25) is 0 Å². The molecule has 0 bridgehead atoms. The summed E-state index contributed by atoms with van der Waals surface area (Å²) in [5.41, 5.74) is 2.42. The number of halogens is 1. The normalized spacial score (nSPS) is 15.6. The van der Waals surface area contributed by atoms with E-state index in [2.05, 4.69) is 20.5 Å². The van der Waals surface area contributed by atoms with Crippen molar-refractivity contribution >= 4 is 41.4 Å². The van der Waals surface area contributed by atoms with Crippen molar-refractivity contribution in [2.24, 2.45) is 5.92 Å². The minimum absolute atomic E-state index is 0.00718. The first-order valence-corrected chi connectivity index (χ1v) is 13.1. The van der Waals surface area contributed by atoms with Crippen molar-refractivity contribution in [3.8, 4) is 5.75 Å². The smallest absolute Gasteiger partial charge is 0.324 e. The molecule has 1 saturated heterocycles. The van der Waals surface area contributed by atoms with Gasteiger partial charge in [-0.3, -0.25) is 19.9 Å². The number of aromatic nitrogens is 1. The number of hydrogen-bond acceptors (Lipinski definition) is 8. The summed E-state index contributed by atoms with van der Waals surface area (Å²) in [4.78, 5) is 44.2. The van der Waals surface area contributed by atoms with Gasteiger partial charge in [0.25, 0.3) is 5.91 Å². The molecule has 2 heterocycles. The quantitative estimate of drug-likeness (QED) is 0.180. The van der Waals surface area contributed by atoms with E-state index in [1.165, 1.54) is 11.8 Å². The number of amides is 3. The van der Waals surface area contributed by atoms with E-state index >= 15 is 0 Å². The predicted octanol–water partition coefficient (Wildman–Crippen LogP) is 4.50. The summed E-state index contributed by atoms with van der Waals surface area (Å²) in [6.07, 6.45) is 3.23. The third-order valence-corrected chi connectivity index (χ3v) is 7.10. The van der Waals surface area contributed by atoms with Crippen LogP contribution in [-0.2, 0) is 27.5 Å². The summed E-state index contributed by atoms with van der Waals surface area (Å²) in [6.45, 7) is 4.26. The van der Waals surface area contributed by atoms with Gasteiger partial charge in [-0.15, -0.1) is 0 Å². The summed E-state index contributed by atoms with van der Waals surface area (Å²) in [5, 5.41) is 4.86. The van der Waals surface area contributed by atoms with Crippen LogP contribution in [0.2, 0.25) is 0 Å². The van der Waals surface area contributed by atoms with Crippen molar-refractivity contribution in [1.82, 2.24) is 20.5 Å². The van der Waals surface area contributed by atoms with E-state index in [0.29, 0.717) is 17.9 Å². The number of hydrogen-bond donors (Lipinski definition) is 3. The van der Waals surface area contributed by atoms with Crippen LogP contribution in [0.5, 0.6) is 5.75 Å². The van der Waals surface area contributed by atoms with E-state index in [9.17, 15) is 14.4 Å². The molecule has 4 rings (SSSR count). The maximum Gasteiger partial charge on any atom is 0.324 e. The van der Waals surface area contributed by atoms with Gasteiger partial charge in [-0.1, -0.05) is 43.8 Å². The van der Waals surface area contributed by atoms with Gasteiger partial charge < -0.3 is 14.8 Å². The van der Waals surface area contributed by atoms with E-state index in [-0.39, 0.29) is 12.5 Å². The number of urea groups is 1. The second-order valence-corrected chi connectivity index (χ2v) is 10.3. The van der Waals surface area contributed by atoms with E-state index in [0.717, 1.165) is 20.9 Å². The van der Waals surface area contributed by atoms with Gasteiger partial charge >= 0.3 is 12.0 Å². The highest BCUT2D eigenvalue weighted by Gasteiger charge is 2.32. The van der Waals surface area contributed by atoms with Crippen LogP contribution < -0.4 is 20.2 Å². The minimum Gasteiger partial charge on any atom is -0.489 e. The maximum atomic E-state index is 12.2. The molecule has 3 amide bonds. The zero-order chi connectivity index (χ0) is 27.1. The molecule has 1 aromatic heterocycles. The number of ether oxygens (including phenoxy) is 2. The number of benzene rings is 2. The van der Waals surface area contributed by atoms with Crippen molar-refractivity contribution in [3.05, 3.63) is 83.7 Å². The maximum absolute atomic E-state index is 12.2. The van der Waals surface area contributed by atoms with Gasteiger partial charge in [0.05, 0.1) is 0 Å². The summed E-state index contributed by atoms with van der Waals surface area (Å²) >= 11 is 7.12. The number of carbonyl (C=O) groups is 3. The standard InChI is InChI=1S/C27H27ClN4O5S/c1-16(2)23(32-28)26(34)37-15-18-5-3-4-17(12-18)14-36-19-6-8-20(9-7-19)38-22-10-11-29-13-21(22)24-25(33)31-27(35)30-24/h3-13,16,23-24,32H,14-15H2,1-2H3,(H2,30,31,33,35). The Kier molecular flexibility index (Phi) is 9.22. The average molecular weight is 555 g/mol. The molecule has 198 valence electrons. The van der Waals surface area contributed by atoms with Crippen molar-refractivity contribution in [1.29, 1.82) is 0 Å². The molecule has 0 radical (unpaired) electrons. The summed E-state index contributed by atoms with van der Waals surface area (Å²) < 4.78 is 11.3. The highest BCUT2D eigenvalue weighted by Crippen LogP contribution is 2.34. The Bertz CT molecular complexity index is 1300. The SMILES string of the molecule is CC(C)C(NCl)C(=O)OCc1cccc(COc2ccc(Sc3ccncc3C3NC(=O)NC3=O)cc2)c1. The third kappa shape index (κ3) is 7.03. The first-order valence-electron chi connectivity index (χ1n) is 11.9. The van der Waals surface area contributed by atoms with Crippen LogP contribution in [0.1, 0.15) is 36.6 Å². The van der Waals surface area contributed by atoms with Crippen LogP contribution in [0.3, 0.4) is 0 Å². The van der Waals surface area contributed by atoms with Gasteiger partial charge in [-0.2, -0.15) is 0 Å². The molecule has 0 aliphatic carbocycles. The molecule has 2 aromatic carbocycles. The first kappa shape index (κ1) is 27.4. The molecule has 9 nitrogen and oxygen atoms in total. The Hall–Kier alpha value is -3.60. The van der Waals surface area contributed by atoms with Gasteiger partial charge in [-0.25, -0.2) is 9.63 Å². The van der Waals surface area contributed by atoms with E-state index in [4.69, 9.17) is 21.3 Å². The van der Waals surface area contributed by atoms with E-state index < -0.39 is 30.0 Å².